The molecule has 3 aromatic carbocycles. The van der Waals surface area contributed by atoms with E-state index in [0.29, 0.717) is 27.1 Å². The molecule has 0 bridgehead atoms. The molecule has 4 rings (SSSR count). The number of carbonyl (C=O) groups excluding carboxylic acids is 1. The van der Waals surface area contributed by atoms with Crippen LogP contribution in [0.4, 0.5) is 11.4 Å². The van der Waals surface area contributed by atoms with Crippen molar-refractivity contribution in [1.82, 2.24) is 4.90 Å². The Morgan fingerprint density at radius 3 is 2.54 bits per heavy atom. The molecule has 1 fully saturated rings. The van der Waals surface area contributed by atoms with Crippen LogP contribution in [0, 0.1) is 17.3 Å². The van der Waals surface area contributed by atoms with E-state index in [1.165, 1.54) is 40.9 Å². The normalized spacial score (nSPS) is 15.4. The first-order valence-electron chi connectivity index (χ1n) is 10.6. The van der Waals surface area contributed by atoms with Crippen molar-refractivity contribution in [2.45, 2.75) is 6.61 Å². The third kappa shape index (κ3) is 6.48. The van der Waals surface area contributed by atoms with Gasteiger partial charge in [0.05, 0.1) is 28.2 Å². The van der Waals surface area contributed by atoms with Crippen LogP contribution in [0.25, 0.3) is 6.08 Å². The number of halogens is 2. The highest BCUT2D eigenvalue weighted by Gasteiger charge is 2.30. The van der Waals surface area contributed by atoms with Gasteiger partial charge in [-0.25, -0.2) is 9.79 Å². The summed E-state index contributed by atoms with van der Waals surface area (Å²) in [5, 5.41) is 20.6. The number of amides is 1. The van der Waals surface area contributed by atoms with E-state index >= 15 is 0 Å². The first kappa shape index (κ1) is 27.1. The Hall–Kier alpha value is -2.98. The van der Waals surface area contributed by atoms with E-state index in [9.17, 15) is 24.8 Å². The fraction of sp³-hybridized carbons (Fsp3) is 0.0800. The van der Waals surface area contributed by atoms with Crippen LogP contribution in [-0.4, -0.2) is 39.0 Å². The second-order valence-corrected chi connectivity index (χ2v) is 11.1. The van der Waals surface area contributed by atoms with Gasteiger partial charge in [0, 0.05) is 19.2 Å². The number of carboxylic acids is 1. The Labute approximate surface area is 243 Å². The summed E-state index contributed by atoms with van der Waals surface area (Å²) < 4.78 is 7.61. The second-order valence-electron chi connectivity index (χ2n) is 7.75. The quantitative estimate of drug-likeness (QED) is 0.130. The SMILES string of the molecule is CN1C(=O)/C(=C/c2cc(I)c(OCc3cccc([N+](=O)[O-])c3)c(I)c2)SC1=Nc1cccc(C(=O)O)c1. The zero-order valence-electron chi connectivity index (χ0n) is 19.1. The summed E-state index contributed by atoms with van der Waals surface area (Å²) >= 11 is 5.51. The molecule has 188 valence electrons. The average molecular weight is 741 g/mol. The Morgan fingerprint density at radius 1 is 1.16 bits per heavy atom. The van der Waals surface area contributed by atoms with Crippen LogP contribution in [0.15, 0.2) is 70.6 Å². The number of thioether (sulfide) groups is 1. The lowest BCUT2D eigenvalue weighted by Crippen LogP contribution is -2.23. The van der Waals surface area contributed by atoms with Crippen LogP contribution in [0.1, 0.15) is 21.5 Å². The summed E-state index contributed by atoms with van der Waals surface area (Å²) in [7, 11) is 1.62. The molecule has 0 saturated carbocycles. The fourth-order valence-electron chi connectivity index (χ4n) is 3.34. The van der Waals surface area contributed by atoms with Crippen molar-refractivity contribution >= 4 is 91.4 Å². The maximum atomic E-state index is 12.8. The first-order chi connectivity index (χ1) is 17.6. The van der Waals surface area contributed by atoms with E-state index in [0.717, 1.165) is 12.7 Å². The van der Waals surface area contributed by atoms with Gasteiger partial charge in [-0.2, -0.15) is 0 Å². The van der Waals surface area contributed by atoms with Crippen molar-refractivity contribution in [3.63, 3.8) is 0 Å². The van der Waals surface area contributed by atoms with E-state index in [-0.39, 0.29) is 23.8 Å². The number of rotatable bonds is 7. The Kier molecular flexibility index (Phi) is 8.49. The lowest BCUT2D eigenvalue weighted by molar-refractivity contribution is -0.384. The molecule has 0 unspecified atom stereocenters. The zero-order chi connectivity index (χ0) is 26.7. The molecule has 0 radical (unpaired) electrons. The van der Waals surface area contributed by atoms with Crippen molar-refractivity contribution in [1.29, 1.82) is 0 Å². The van der Waals surface area contributed by atoms with Crippen molar-refractivity contribution in [2.75, 3.05) is 7.05 Å². The number of amidine groups is 1. The lowest BCUT2D eigenvalue weighted by Gasteiger charge is -2.12. The summed E-state index contributed by atoms with van der Waals surface area (Å²) in [6, 6.07) is 16.3. The molecule has 12 heteroatoms. The summed E-state index contributed by atoms with van der Waals surface area (Å²) in [6.07, 6.45) is 1.77. The maximum absolute atomic E-state index is 12.8. The third-order valence-electron chi connectivity index (χ3n) is 5.14. The van der Waals surface area contributed by atoms with Crippen LogP contribution in [0.5, 0.6) is 5.75 Å². The van der Waals surface area contributed by atoms with Crippen LogP contribution in [-0.2, 0) is 11.4 Å². The molecule has 0 aromatic heterocycles. The molecule has 1 aliphatic heterocycles. The maximum Gasteiger partial charge on any atom is 0.335 e. The molecule has 0 aliphatic carbocycles. The van der Waals surface area contributed by atoms with E-state index in [4.69, 9.17) is 4.74 Å². The monoisotopic (exact) mass is 741 g/mol. The number of aromatic carboxylic acids is 1. The molecular formula is C25H17I2N3O6S. The molecule has 1 N–H and O–H groups in total. The highest BCUT2D eigenvalue weighted by Crippen LogP contribution is 2.35. The number of benzene rings is 3. The summed E-state index contributed by atoms with van der Waals surface area (Å²) in [6.45, 7) is 0.177. The number of nitro benzene ring substituents is 1. The number of nitro groups is 1. The predicted octanol–water partition coefficient (Wildman–Crippen LogP) is 6.32. The van der Waals surface area contributed by atoms with Gasteiger partial charge >= 0.3 is 5.97 Å². The first-order valence-corrected chi connectivity index (χ1v) is 13.5. The van der Waals surface area contributed by atoms with Gasteiger partial charge < -0.3 is 9.84 Å². The topological polar surface area (TPSA) is 122 Å². The molecule has 1 aliphatic rings. The minimum absolute atomic E-state index is 0.00802. The summed E-state index contributed by atoms with van der Waals surface area (Å²) in [5.74, 6) is -0.611. The molecule has 0 spiro atoms. The molecule has 1 heterocycles. The average Bonchev–Trinajstić information content (AvgIpc) is 3.11. The van der Waals surface area contributed by atoms with Crippen molar-refractivity contribution in [2.24, 2.45) is 4.99 Å². The number of hydrogen-bond donors (Lipinski definition) is 1. The molecule has 1 saturated heterocycles. The molecule has 1 amide bonds. The summed E-state index contributed by atoms with van der Waals surface area (Å²) in [5.41, 5.74) is 2.05. The van der Waals surface area contributed by atoms with Crippen LogP contribution >= 0.6 is 56.9 Å². The molecule has 9 nitrogen and oxygen atoms in total. The highest BCUT2D eigenvalue weighted by atomic mass is 127. The standard InChI is InChI=1S/C25H17I2N3O6S/c1-29-23(31)21(37-25(29)28-17-6-3-5-16(12-17)24(32)33)11-15-9-19(26)22(20(27)10-15)36-13-14-4-2-7-18(8-14)30(34)35/h2-12H,13H2,1H3,(H,32,33)/b21-11-,28-25?. The molecule has 3 aromatic rings. The number of carbonyl (C=O) groups is 2. The number of likely N-dealkylation sites (N-methyl/N-ethyl adjacent to an activating group) is 1. The lowest BCUT2D eigenvalue weighted by atomic mass is 10.2. The largest absolute Gasteiger partial charge is 0.487 e. The van der Waals surface area contributed by atoms with Gasteiger partial charge in [-0.1, -0.05) is 18.2 Å². The molecular weight excluding hydrogens is 724 g/mol. The number of ether oxygens (including phenoxy) is 1. The van der Waals surface area contributed by atoms with Gasteiger partial charge in [0.15, 0.2) is 5.17 Å². The van der Waals surface area contributed by atoms with Gasteiger partial charge in [-0.3, -0.25) is 19.8 Å². The number of hydrogen-bond acceptors (Lipinski definition) is 7. The Bertz CT molecular complexity index is 1470. The minimum atomic E-state index is -1.05. The predicted molar refractivity (Wildman–Crippen MR) is 158 cm³/mol. The number of nitrogens with zero attached hydrogens (tertiary/aromatic N) is 3. The van der Waals surface area contributed by atoms with Crippen molar-refractivity contribution in [3.05, 3.63) is 99.5 Å². The van der Waals surface area contributed by atoms with Crippen LogP contribution in [0.2, 0.25) is 0 Å². The summed E-state index contributed by atoms with van der Waals surface area (Å²) in [4.78, 5) is 41.0. The Morgan fingerprint density at radius 2 is 1.86 bits per heavy atom. The van der Waals surface area contributed by atoms with Gasteiger partial charge in [0.25, 0.3) is 11.6 Å². The fourth-order valence-corrected chi connectivity index (χ4v) is 6.45. The number of non-ortho nitro benzene ring substituents is 1. The van der Waals surface area contributed by atoms with Gasteiger partial charge in [-0.15, -0.1) is 0 Å². The highest BCUT2D eigenvalue weighted by molar-refractivity contribution is 14.1. The zero-order valence-corrected chi connectivity index (χ0v) is 24.2. The molecule has 0 atom stereocenters. The second kappa shape index (κ2) is 11.6. The van der Waals surface area contributed by atoms with Gasteiger partial charge in [0.1, 0.15) is 12.4 Å². The third-order valence-corrected chi connectivity index (χ3v) is 7.81. The van der Waals surface area contributed by atoms with E-state index < -0.39 is 10.9 Å². The van der Waals surface area contributed by atoms with Gasteiger partial charge in [0.2, 0.25) is 0 Å². The van der Waals surface area contributed by atoms with E-state index in [1.807, 2.05) is 12.1 Å². The van der Waals surface area contributed by atoms with Crippen LogP contribution < -0.4 is 4.74 Å². The number of carboxylic acid groups (broad SMARTS) is 1. The number of aliphatic imine (C=N–C) groups is 1. The van der Waals surface area contributed by atoms with Crippen molar-refractivity contribution < 1.29 is 24.4 Å². The Balaban J connectivity index is 1.53. The van der Waals surface area contributed by atoms with Gasteiger partial charge in [-0.05, 0) is 104 Å². The van der Waals surface area contributed by atoms with E-state index in [1.54, 1.807) is 37.4 Å². The van der Waals surface area contributed by atoms with E-state index in [2.05, 4.69) is 50.2 Å². The smallest absolute Gasteiger partial charge is 0.335 e. The van der Waals surface area contributed by atoms with Crippen LogP contribution in [0.3, 0.4) is 0 Å². The minimum Gasteiger partial charge on any atom is -0.487 e. The molecule has 37 heavy (non-hydrogen) atoms. The van der Waals surface area contributed by atoms with Crippen molar-refractivity contribution in [3.8, 4) is 5.75 Å².